The fourth-order valence-corrected chi connectivity index (χ4v) is 3.40. The van der Waals surface area contributed by atoms with Gasteiger partial charge in [-0.15, -0.1) is 0 Å². The van der Waals surface area contributed by atoms with Crippen LogP contribution in [0.5, 0.6) is 11.5 Å². The van der Waals surface area contributed by atoms with Crippen LogP contribution in [0, 0.1) is 0 Å². The number of rotatable bonds is 4. The summed E-state index contributed by atoms with van der Waals surface area (Å²) in [5.41, 5.74) is 3.91. The van der Waals surface area contributed by atoms with Gasteiger partial charge >= 0.3 is 0 Å². The Morgan fingerprint density at radius 1 is 1.12 bits per heavy atom. The lowest BCUT2D eigenvalue weighted by Gasteiger charge is -2.20. The molecule has 1 aliphatic heterocycles. The Morgan fingerprint density at radius 3 is 2.69 bits per heavy atom. The van der Waals surface area contributed by atoms with Crippen molar-refractivity contribution in [3.05, 3.63) is 42.2 Å². The molecule has 0 N–H and O–H groups in total. The van der Waals surface area contributed by atoms with Gasteiger partial charge in [0.25, 0.3) is 0 Å². The van der Waals surface area contributed by atoms with Crippen LogP contribution < -0.4 is 14.4 Å². The van der Waals surface area contributed by atoms with Gasteiger partial charge < -0.3 is 14.4 Å². The maximum Gasteiger partial charge on any atom is 0.162 e. The van der Waals surface area contributed by atoms with E-state index in [0.717, 1.165) is 41.1 Å². The van der Waals surface area contributed by atoms with E-state index in [1.54, 1.807) is 20.5 Å². The normalized spacial score (nSPS) is 12.6. The van der Waals surface area contributed by atoms with E-state index in [4.69, 9.17) is 21.7 Å². The van der Waals surface area contributed by atoms with E-state index < -0.39 is 0 Å². The summed E-state index contributed by atoms with van der Waals surface area (Å²) in [5, 5.41) is 3.33. The molecule has 4 rings (SSSR count). The van der Waals surface area contributed by atoms with Crippen molar-refractivity contribution in [2.75, 3.05) is 25.7 Å². The molecule has 0 saturated heterocycles. The number of methoxy groups -OCH3 is 2. The molecule has 2 heterocycles. The monoisotopic (exact) mass is 364 g/mol. The minimum absolute atomic E-state index is 0.643. The van der Waals surface area contributed by atoms with Gasteiger partial charge in [0.1, 0.15) is 12.1 Å². The number of thiocarbonyl (C=S) groups is 1. The molecule has 130 valence electrons. The molecule has 0 radical (unpaired) electrons. The first-order valence-corrected chi connectivity index (χ1v) is 8.51. The highest BCUT2D eigenvalue weighted by Crippen LogP contribution is 2.40. The molecule has 0 unspecified atom stereocenters. The number of ether oxygens (including phenoxy) is 2. The van der Waals surface area contributed by atoms with Crippen molar-refractivity contribution in [3.63, 3.8) is 0 Å². The highest BCUT2D eigenvalue weighted by Gasteiger charge is 2.24. The second-order valence-corrected chi connectivity index (χ2v) is 6.02. The Hall–Kier alpha value is -3.02. The number of anilines is 2. The third-order valence-electron chi connectivity index (χ3n) is 4.51. The van der Waals surface area contributed by atoms with Crippen LogP contribution in [-0.2, 0) is 6.42 Å². The first-order chi connectivity index (χ1) is 12.7. The Kier molecular flexibility index (Phi) is 4.24. The molecule has 0 aliphatic carbocycles. The molecule has 0 atom stereocenters. The first kappa shape index (κ1) is 16.4. The summed E-state index contributed by atoms with van der Waals surface area (Å²) in [4.78, 5) is 15.2. The third-order valence-corrected chi connectivity index (χ3v) is 4.61. The van der Waals surface area contributed by atoms with E-state index in [-0.39, 0.29) is 0 Å². The quantitative estimate of drug-likeness (QED) is 0.514. The van der Waals surface area contributed by atoms with Crippen LogP contribution in [-0.4, -0.2) is 35.9 Å². The molecule has 0 bridgehead atoms. The molecule has 6 nitrogen and oxygen atoms in total. The summed E-state index contributed by atoms with van der Waals surface area (Å²) in [6, 6.07) is 9.82. The second kappa shape index (κ2) is 6.71. The van der Waals surface area contributed by atoms with Crippen LogP contribution in [0.3, 0.4) is 0 Å². The molecular formula is C19H16N4O2S. The molecule has 3 aromatic rings. The van der Waals surface area contributed by atoms with Gasteiger partial charge in [-0.25, -0.2) is 9.97 Å². The number of aromatic nitrogens is 2. The fraction of sp³-hybridized carbons (Fsp3) is 0.211. The predicted octanol–water partition coefficient (Wildman–Crippen LogP) is 4.08. The van der Waals surface area contributed by atoms with Crippen molar-refractivity contribution in [1.29, 1.82) is 0 Å². The zero-order chi connectivity index (χ0) is 18.1. The van der Waals surface area contributed by atoms with Gasteiger partial charge in [0.05, 0.1) is 30.6 Å². The Balaban J connectivity index is 1.89. The lowest BCUT2D eigenvalue weighted by Crippen LogP contribution is -2.15. The van der Waals surface area contributed by atoms with E-state index in [2.05, 4.69) is 31.1 Å². The number of benzene rings is 2. The average molecular weight is 364 g/mol. The Bertz CT molecular complexity index is 1050. The molecular weight excluding hydrogens is 348 g/mol. The van der Waals surface area contributed by atoms with Crippen LogP contribution in [0.1, 0.15) is 5.56 Å². The van der Waals surface area contributed by atoms with E-state index in [1.165, 1.54) is 5.56 Å². The van der Waals surface area contributed by atoms with Gasteiger partial charge in [-0.2, -0.15) is 4.99 Å². The van der Waals surface area contributed by atoms with Crippen molar-refractivity contribution in [1.82, 2.24) is 9.97 Å². The maximum atomic E-state index is 5.45. The smallest absolute Gasteiger partial charge is 0.162 e. The zero-order valence-corrected chi connectivity index (χ0v) is 15.2. The van der Waals surface area contributed by atoms with Gasteiger partial charge in [0.2, 0.25) is 0 Å². The Morgan fingerprint density at radius 2 is 1.92 bits per heavy atom. The molecule has 0 amide bonds. The summed E-state index contributed by atoms with van der Waals surface area (Å²) >= 11 is 4.72. The molecule has 2 aromatic carbocycles. The zero-order valence-electron chi connectivity index (χ0n) is 14.4. The van der Waals surface area contributed by atoms with Crippen molar-refractivity contribution in [2.45, 2.75) is 6.42 Å². The van der Waals surface area contributed by atoms with Gasteiger partial charge in [0, 0.05) is 23.7 Å². The van der Waals surface area contributed by atoms with E-state index >= 15 is 0 Å². The maximum absolute atomic E-state index is 5.45. The van der Waals surface area contributed by atoms with Crippen LogP contribution >= 0.6 is 12.2 Å². The van der Waals surface area contributed by atoms with E-state index in [1.807, 2.05) is 24.3 Å². The summed E-state index contributed by atoms with van der Waals surface area (Å²) < 4.78 is 10.8. The number of hydrogen-bond acceptors (Lipinski definition) is 7. The van der Waals surface area contributed by atoms with Crippen molar-refractivity contribution < 1.29 is 9.47 Å². The van der Waals surface area contributed by atoms with Crippen LogP contribution in [0.2, 0.25) is 0 Å². The highest BCUT2D eigenvalue weighted by molar-refractivity contribution is 7.78. The molecule has 0 fully saturated rings. The second-order valence-electron chi connectivity index (χ2n) is 5.84. The van der Waals surface area contributed by atoms with E-state index in [9.17, 15) is 0 Å². The highest BCUT2D eigenvalue weighted by atomic mass is 32.1. The third kappa shape index (κ3) is 2.67. The summed E-state index contributed by atoms with van der Waals surface area (Å²) in [6.45, 7) is 0.834. The minimum Gasteiger partial charge on any atom is -0.493 e. The molecule has 26 heavy (non-hydrogen) atoms. The van der Waals surface area contributed by atoms with Crippen LogP contribution in [0.15, 0.2) is 41.7 Å². The molecule has 0 saturated carbocycles. The largest absolute Gasteiger partial charge is 0.493 e. The van der Waals surface area contributed by atoms with Crippen LogP contribution in [0.4, 0.5) is 17.2 Å². The topological polar surface area (TPSA) is 59.8 Å². The molecule has 0 spiro atoms. The summed E-state index contributed by atoms with van der Waals surface area (Å²) in [5.74, 6) is 2.12. The van der Waals surface area contributed by atoms with Gasteiger partial charge in [-0.3, -0.25) is 0 Å². The average Bonchev–Trinajstić information content (AvgIpc) is 3.09. The number of nitrogens with zero attached hydrogens (tertiary/aromatic N) is 4. The van der Waals surface area contributed by atoms with Crippen molar-refractivity contribution in [2.24, 2.45) is 4.99 Å². The van der Waals surface area contributed by atoms with Crippen molar-refractivity contribution in [3.8, 4) is 11.5 Å². The van der Waals surface area contributed by atoms with Gasteiger partial charge in [0.15, 0.2) is 11.5 Å². The lowest BCUT2D eigenvalue weighted by atomic mass is 10.1. The van der Waals surface area contributed by atoms with Gasteiger partial charge in [-0.1, -0.05) is 6.07 Å². The standard InChI is InChI=1S/C19H16N4O2S/c1-24-17-8-14-15(9-18(17)25-2)20-10-21-19(14)23-6-5-12-3-4-13(22-11-26)7-16(12)23/h3-4,7-10H,5-6H2,1-2H3. The lowest BCUT2D eigenvalue weighted by molar-refractivity contribution is 0.356. The number of isothiocyanates is 1. The SMILES string of the molecule is COc1cc2ncnc(N3CCc4ccc(N=C=S)cc43)c2cc1OC. The number of fused-ring (bicyclic) bond motifs is 2. The summed E-state index contributed by atoms with van der Waals surface area (Å²) in [7, 11) is 3.23. The number of aliphatic imine (C=N–C) groups is 1. The minimum atomic E-state index is 0.643. The van der Waals surface area contributed by atoms with E-state index in [0.29, 0.717) is 11.5 Å². The number of hydrogen-bond donors (Lipinski definition) is 0. The summed E-state index contributed by atoms with van der Waals surface area (Å²) in [6.07, 6.45) is 2.51. The van der Waals surface area contributed by atoms with Gasteiger partial charge in [-0.05, 0) is 42.4 Å². The Labute approximate surface area is 156 Å². The molecule has 7 heteroatoms. The molecule has 1 aliphatic rings. The first-order valence-electron chi connectivity index (χ1n) is 8.10. The fourth-order valence-electron chi connectivity index (χ4n) is 3.29. The predicted molar refractivity (Wildman–Crippen MR) is 104 cm³/mol. The molecule has 1 aromatic heterocycles. The van der Waals surface area contributed by atoms with Crippen molar-refractivity contribution >= 4 is 45.5 Å². The van der Waals surface area contributed by atoms with Crippen LogP contribution in [0.25, 0.3) is 10.9 Å².